The van der Waals surface area contributed by atoms with Gasteiger partial charge in [0.2, 0.25) is 0 Å². The zero-order valence-electron chi connectivity index (χ0n) is 11.7. The number of nitrogens with one attached hydrogen (secondary N) is 1. The van der Waals surface area contributed by atoms with E-state index in [1.807, 2.05) is 18.4 Å². The van der Waals surface area contributed by atoms with Gasteiger partial charge in [-0.3, -0.25) is 0 Å². The molecule has 4 aliphatic carbocycles. The average Bonchev–Trinajstić information content (AvgIpc) is 2.74. The van der Waals surface area contributed by atoms with Gasteiger partial charge in [-0.15, -0.1) is 21.5 Å². The van der Waals surface area contributed by atoms with Crippen LogP contribution in [0.15, 0.2) is 0 Å². The van der Waals surface area contributed by atoms with Crippen LogP contribution in [0, 0.1) is 23.2 Å². The van der Waals surface area contributed by atoms with E-state index in [0.717, 1.165) is 29.3 Å². The van der Waals surface area contributed by atoms with Crippen LogP contribution in [-0.2, 0) is 13.0 Å². The van der Waals surface area contributed by atoms with Crippen molar-refractivity contribution >= 4 is 11.3 Å². The Hall–Kier alpha value is -0.480. The lowest BCUT2D eigenvalue weighted by atomic mass is 9.49. The van der Waals surface area contributed by atoms with E-state index in [1.54, 1.807) is 0 Å². The predicted molar refractivity (Wildman–Crippen MR) is 77.0 cm³/mol. The molecule has 4 heteroatoms. The molecular formula is C15H23N3S. The van der Waals surface area contributed by atoms with Gasteiger partial charge in [-0.1, -0.05) is 0 Å². The first-order chi connectivity index (χ1) is 9.25. The van der Waals surface area contributed by atoms with Crippen LogP contribution >= 0.6 is 11.3 Å². The zero-order valence-corrected chi connectivity index (χ0v) is 12.5. The molecule has 1 aromatic heterocycles. The standard InChI is InChI=1S/C15H23N3S/c1-16-9-14-18-17-13(19-14)8-15-5-10-2-11(6-15)4-12(3-10)7-15/h10-12,16H,2-9H2,1H3. The van der Waals surface area contributed by atoms with Crippen LogP contribution in [0.2, 0.25) is 0 Å². The van der Waals surface area contributed by atoms with Crippen molar-refractivity contribution in [2.45, 2.75) is 51.5 Å². The third-order valence-corrected chi connectivity index (χ3v) is 6.45. The van der Waals surface area contributed by atoms with Crippen LogP contribution in [0.1, 0.15) is 48.5 Å². The van der Waals surface area contributed by atoms with Crippen molar-refractivity contribution in [3.8, 4) is 0 Å². The van der Waals surface area contributed by atoms with E-state index < -0.39 is 0 Å². The molecule has 4 fully saturated rings. The lowest BCUT2D eigenvalue weighted by Gasteiger charge is -2.56. The minimum atomic E-state index is 0.602. The van der Waals surface area contributed by atoms with Gasteiger partial charge >= 0.3 is 0 Å². The Balaban J connectivity index is 1.52. The van der Waals surface area contributed by atoms with Gasteiger partial charge in [0.1, 0.15) is 10.0 Å². The van der Waals surface area contributed by atoms with Gasteiger partial charge in [0, 0.05) is 13.0 Å². The first kappa shape index (κ1) is 12.3. The summed E-state index contributed by atoms with van der Waals surface area (Å²) in [5.74, 6) is 3.11. The summed E-state index contributed by atoms with van der Waals surface area (Å²) in [6, 6.07) is 0. The summed E-state index contributed by atoms with van der Waals surface area (Å²) < 4.78 is 0. The van der Waals surface area contributed by atoms with E-state index in [9.17, 15) is 0 Å². The smallest absolute Gasteiger partial charge is 0.131 e. The minimum absolute atomic E-state index is 0.602. The molecule has 0 atom stereocenters. The lowest BCUT2D eigenvalue weighted by molar-refractivity contribution is -0.0522. The Kier molecular flexibility index (Phi) is 2.92. The van der Waals surface area contributed by atoms with Crippen molar-refractivity contribution in [2.75, 3.05) is 7.05 Å². The van der Waals surface area contributed by atoms with Crippen molar-refractivity contribution < 1.29 is 0 Å². The summed E-state index contributed by atoms with van der Waals surface area (Å²) >= 11 is 1.82. The normalized spacial score (nSPS) is 39.9. The second kappa shape index (κ2) is 4.52. The van der Waals surface area contributed by atoms with Gasteiger partial charge in [-0.05, 0) is 68.7 Å². The van der Waals surface area contributed by atoms with Crippen molar-refractivity contribution in [1.29, 1.82) is 0 Å². The van der Waals surface area contributed by atoms with Crippen LogP contribution in [0.3, 0.4) is 0 Å². The molecule has 0 amide bonds. The van der Waals surface area contributed by atoms with Gasteiger partial charge in [-0.2, -0.15) is 0 Å². The number of hydrogen-bond acceptors (Lipinski definition) is 4. The fourth-order valence-corrected chi connectivity index (χ4v) is 6.44. The van der Waals surface area contributed by atoms with Crippen molar-refractivity contribution in [3.05, 3.63) is 10.0 Å². The molecule has 0 unspecified atom stereocenters. The molecule has 4 aliphatic rings. The summed E-state index contributed by atoms with van der Waals surface area (Å²) in [5, 5.41) is 14.3. The Labute approximate surface area is 119 Å². The molecule has 0 radical (unpaired) electrons. The van der Waals surface area contributed by atoms with Gasteiger partial charge in [0.15, 0.2) is 0 Å². The van der Waals surface area contributed by atoms with Crippen LogP contribution in [0.4, 0.5) is 0 Å². The van der Waals surface area contributed by atoms with E-state index in [0.29, 0.717) is 5.41 Å². The molecule has 0 aromatic carbocycles. The maximum Gasteiger partial charge on any atom is 0.131 e. The van der Waals surface area contributed by atoms with Gasteiger partial charge in [0.25, 0.3) is 0 Å². The van der Waals surface area contributed by atoms with Crippen LogP contribution < -0.4 is 5.32 Å². The molecule has 4 saturated carbocycles. The quantitative estimate of drug-likeness (QED) is 0.919. The maximum absolute atomic E-state index is 4.44. The highest BCUT2D eigenvalue weighted by atomic mass is 32.1. The summed E-state index contributed by atoms with van der Waals surface area (Å²) in [5.41, 5.74) is 0.602. The molecule has 4 bridgehead atoms. The third kappa shape index (κ3) is 2.23. The number of rotatable bonds is 4. The molecule has 5 rings (SSSR count). The van der Waals surface area contributed by atoms with Crippen molar-refractivity contribution in [3.63, 3.8) is 0 Å². The predicted octanol–water partition coefficient (Wildman–Crippen LogP) is 3.02. The van der Waals surface area contributed by atoms with E-state index >= 15 is 0 Å². The van der Waals surface area contributed by atoms with Crippen LogP contribution in [-0.4, -0.2) is 17.2 Å². The highest BCUT2D eigenvalue weighted by Gasteiger charge is 2.50. The number of hydrogen-bond donors (Lipinski definition) is 1. The molecule has 0 spiro atoms. The molecular weight excluding hydrogens is 254 g/mol. The van der Waals surface area contributed by atoms with Gasteiger partial charge in [0.05, 0.1) is 0 Å². The SMILES string of the molecule is CNCc1nnc(CC23CC4CC(CC(C4)C2)C3)s1. The summed E-state index contributed by atoms with van der Waals surface area (Å²) in [6.07, 6.45) is 10.2. The Morgan fingerprint density at radius 1 is 1.05 bits per heavy atom. The first-order valence-electron chi connectivity index (χ1n) is 7.70. The topological polar surface area (TPSA) is 37.8 Å². The molecule has 3 nitrogen and oxygen atoms in total. The van der Waals surface area contributed by atoms with E-state index in [4.69, 9.17) is 0 Å². The van der Waals surface area contributed by atoms with Gasteiger partial charge in [-0.25, -0.2) is 0 Å². The van der Waals surface area contributed by atoms with Crippen LogP contribution in [0.25, 0.3) is 0 Å². The molecule has 104 valence electrons. The van der Waals surface area contributed by atoms with Crippen molar-refractivity contribution in [1.82, 2.24) is 15.5 Å². The Morgan fingerprint density at radius 3 is 2.21 bits per heavy atom. The molecule has 1 heterocycles. The molecule has 0 saturated heterocycles. The summed E-state index contributed by atoms with van der Waals surface area (Å²) in [7, 11) is 1.97. The average molecular weight is 277 g/mol. The monoisotopic (exact) mass is 277 g/mol. The molecule has 0 aliphatic heterocycles. The zero-order chi connectivity index (χ0) is 12.9. The summed E-state index contributed by atoms with van der Waals surface area (Å²) in [6.45, 7) is 0.860. The van der Waals surface area contributed by atoms with E-state index in [-0.39, 0.29) is 0 Å². The van der Waals surface area contributed by atoms with Crippen molar-refractivity contribution in [2.24, 2.45) is 23.2 Å². The fourth-order valence-electron chi connectivity index (χ4n) is 5.41. The second-order valence-electron chi connectivity index (χ2n) is 7.21. The van der Waals surface area contributed by atoms with E-state index in [2.05, 4.69) is 15.5 Å². The van der Waals surface area contributed by atoms with Crippen LogP contribution in [0.5, 0.6) is 0 Å². The molecule has 19 heavy (non-hydrogen) atoms. The van der Waals surface area contributed by atoms with E-state index in [1.165, 1.54) is 50.0 Å². The Bertz CT molecular complexity index is 432. The fraction of sp³-hybridized carbons (Fsp3) is 0.867. The first-order valence-corrected chi connectivity index (χ1v) is 8.52. The maximum atomic E-state index is 4.44. The highest BCUT2D eigenvalue weighted by Crippen LogP contribution is 2.61. The molecule has 1 N–H and O–H groups in total. The second-order valence-corrected chi connectivity index (χ2v) is 8.36. The number of aromatic nitrogens is 2. The largest absolute Gasteiger partial charge is 0.313 e. The van der Waals surface area contributed by atoms with Gasteiger partial charge < -0.3 is 5.32 Å². The summed E-state index contributed by atoms with van der Waals surface area (Å²) in [4.78, 5) is 0. The number of nitrogens with zero attached hydrogens (tertiary/aromatic N) is 2. The molecule has 1 aromatic rings. The highest BCUT2D eigenvalue weighted by molar-refractivity contribution is 7.11. The lowest BCUT2D eigenvalue weighted by Crippen LogP contribution is -2.47. The Morgan fingerprint density at radius 2 is 1.63 bits per heavy atom. The third-order valence-electron chi connectivity index (χ3n) is 5.53. The minimum Gasteiger partial charge on any atom is -0.313 e.